The van der Waals surface area contributed by atoms with E-state index < -0.39 is 0 Å². The molecule has 2 aromatic rings. The number of halogens is 1. The number of rotatable bonds is 4. The van der Waals surface area contributed by atoms with E-state index in [-0.39, 0.29) is 0 Å². The smallest absolute Gasteiger partial charge is 0.229 e. The Kier molecular flexibility index (Phi) is 5.36. The van der Waals surface area contributed by atoms with E-state index in [1.165, 1.54) is 5.56 Å². The van der Waals surface area contributed by atoms with Gasteiger partial charge in [-0.2, -0.15) is 4.98 Å². The van der Waals surface area contributed by atoms with Gasteiger partial charge in [0.15, 0.2) is 0 Å². The standard InChI is InChI=1S/C18H24BrN5/c1-4-23-7-9-24(10-8-23)17-12-14(3)20-18(22-17)21-16-6-5-13(2)11-15(16)19/h5-6,11-12H,4,7-10H2,1-3H3,(H,20,21,22). The number of hydrogen-bond donors (Lipinski definition) is 1. The van der Waals surface area contributed by atoms with Gasteiger partial charge in [0.1, 0.15) is 5.82 Å². The first-order valence-corrected chi connectivity index (χ1v) is 9.20. The van der Waals surface area contributed by atoms with E-state index in [1.807, 2.05) is 13.0 Å². The first-order valence-electron chi connectivity index (χ1n) is 8.41. The number of likely N-dealkylation sites (N-methyl/N-ethyl adjacent to an activating group) is 1. The predicted octanol–water partition coefficient (Wildman–Crippen LogP) is 3.74. The van der Waals surface area contributed by atoms with E-state index in [4.69, 9.17) is 4.98 Å². The van der Waals surface area contributed by atoms with Crippen molar-refractivity contribution in [3.63, 3.8) is 0 Å². The van der Waals surface area contributed by atoms with Gasteiger partial charge < -0.3 is 15.1 Å². The van der Waals surface area contributed by atoms with Crippen molar-refractivity contribution in [3.05, 3.63) is 40.0 Å². The minimum absolute atomic E-state index is 0.646. The van der Waals surface area contributed by atoms with E-state index in [1.54, 1.807) is 0 Å². The number of piperazine rings is 1. The number of nitrogens with zero attached hydrogens (tertiary/aromatic N) is 4. The molecule has 0 aliphatic carbocycles. The molecule has 0 unspecified atom stereocenters. The van der Waals surface area contributed by atoms with Crippen molar-refractivity contribution in [2.75, 3.05) is 42.9 Å². The normalized spacial score (nSPS) is 15.6. The molecule has 0 bridgehead atoms. The van der Waals surface area contributed by atoms with Crippen molar-refractivity contribution in [3.8, 4) is 0 Å². The number of hydrogen-bond acceptors (Lipinski definition) is 5. The second-order valence-corrected chi connectivity index (χ2v) is 7.08. The van der Waals surface area contributed by atoms with Crippen molar-refractivity contribution < 1.29 is 0 Å². The topological polar surface area (TPSA) is 44.3 Å². The Labute approximate surface area is 152 Å². The van der Waals surface area contributed by atoms with Crippen LogP contribution in [0.2, 0.25) is 0 Å². The molecule has 1 aromatic heterocycles. The Morgan fingerprint density at radius 1 is 1.08 bits per heavy atom. The molecule has 3 rings (SSSR count). The fraction of sp³-hybridized carbons (Fsp3) is 0.444. The van der Waals surface area contributed by atoms with Gasteiger partial charge in [0.05, 0.1) is 5.69 Å². The molecular formula is C18H24BrN5. The zero-order chi connectivity index (χ0) is 17.1. The third kappa shape index (κ3) is 4.05. The lowest BCUT2D eigenvalue weighted by Crippen LogP contribution is -2.46. The molecule has 5 nitrogen and oxygen atoms in total. The monoisotopic (exact) mass is 389 g/mol. The molecule has 24 heavy (non-hydrogen) atoms. The van der Waals surface area contributed by atoms with Crippen LogP contribution < -0.4 is 10.2 Å². The van der Waals surface area contributed by atoms with Crippen LogP contribution in [-0.4, -0.2) is 47.6 Å². The summed E-state index contributed by atoms with van der Waals surface area (Å²) in [6, 6.07) is 8.28. The summed E-state index contributed by atoms with van der Waals surface area (Å²) in [5.41, 5.74) is 3.17. The van der Waals surface area contributed by atoms with Crippen molar-refractivity contribution in [1.82, 2.24) is 14.9 Å². The third-order valence-corrected chi connectivity index (χ3v) is 5.01. The molecule has 1 aliphatic heterocycles. The van der Waals surface area contributed by atoms with Crippen LogP contribution in [0.3, 0.4) is 0 Å². The van der Waals surface area contributed by atoms with Crippen LogP contribution in [0.4, 0.5) is 17.5 Å². The second-order valence-electron chi connectivity index (χ2n) is 6.22. The van der Waals surface area contributed by atoms with Crippen molar-refractivity contribution in [1.29, 1.82) is 0 Å². The minimum atomic E-state index is 0.646. The fourth-order valence-electron chi connectivity index (χ4n) is 2.90. The molecule has 2 heterocycles. The molecule has 128 valence electrons. The maximum Gasteiger partial charge on any atom is 0.229 e. The third-order valence-electron chi connectivity index (χ3n) is 4.36. The number of nitrogens with one attached hydrogen (secondary N) is 1. The van der Waals surface area contributed by atoms with Gasteiger partial charge in [0.2, 0.25) is 5.95 Å². The van der Waals surface area contributed by atoms with E-state index in [0.29, 0.717) is 5.95 Å². The van der Waals surface area contributed by atoms with Crippen molar-refractivity contribution in [2.24, 2.45) is 0 Å². The molecule has 0 radical (unpaired) electrons. The van der Waals surface area contributed by atoms with Crippen LogP contribution in [-0.2, 0) is 0 Å². The fourth-order valence-corrected chi connectivity index (χ4v) is 3.50. The van der Waals surface area contributed by atoms with Crippen LogP contribution in [0.25, 0.3) is 0 Å². The summed E-state index contributed by atoms with van der Waals surface area (Å²) in [6.45, 7) is 11.6. The summed E-state index contributed by atoms with van der Waals surface area (Å²) in [5.74, 6) is 1.65. The summed E-state index contributed by atoms with van der Waals surface area (Å²) in [4.78, 5) is 14.1. The van der Waals surface area contributed by atoms with Gasteiger partial charge in [-0.3, -0.25) is 0 Å². The SMILES string of the molecule is CCN1CCN(c2cc(C)nc(Nc3ccc(C)cc3Br)n2)CC1. The van der Waals surface area contributed by atoms with Crippen LogP contribution >= 0.6 is 15.9 Å². The van der Waals surface area contributed by atoms with Gasteiger partial charge >= 0.3 is 0 Å². The van der Waals surface area contributed by atoms with Gasteiger partial charge in [-0.1, -0.05) is 13.0 Å². The van der Waals surface area contributed by atoms with Gasteiger partial charge in [0, 0.05) is 42.4 Å². The summed E-state index contributed by atoms with van der Waals surface area (Å²) >= 11 is 3.60. The predicted molar refractivity (Wildman–Crippen MR) is 103 cm³/mol. The van der Waals surface area contributed by atoms with Gasteiger partial charge in [0.25, 0.3) is 0 Å². The molecule has 0 amide bonds. The molecule has 6 heteroatoms. The molecule has 1 fully saturated rings. The van der Waals surface area contributed by atoms with Crippen LogP contribution in [0, 0.1) is 13.8 Å². The van der Waals surface area contributed by atoms with Crippen LogP contribution in [0.5, 0.6) is 0 Å². The average molecular weight is 390 g/mol. The van der Waals surface area contributed by atoms with E-state index in [2.05, 4.69) is 68.1 Å². The maximum atomic E-state index is 4.73. The van der Waals surface area contributed by atoms with Crippen LogP contribution in [0.15, 0.2) is 28.7 Å². The number of aryl methyl sites for hydroxylation is 2. The highest BCUT2D eigenvalue weighted by Crippen LogP contribution is 2.26. The Bertz CT molecular complexity index is 711. The number of anilines is 3. The van der Waals surface area contributed by atoms with E-state index in [0.717, 1.165) is 54.4 Å². The Hall–Kier alpha value is -1.66. The van der Waals surface area contributed by atoms with Gasteiger partial charge in [-0.25, -0.2) is 4.98 Å². The summed E-state index contributed by atoms with van der Waals surface area (Å²) < 4.78 is 1.02. The lowest BCUT2D eigenvalue weighted by atomic mass is 10.2. The molecular weight excluding hydrogens is 366 g/mol. The average Bonchev–Trinajstić information content (AvgIpc) is 2.57. The number of aromatic nitrogens is 2. The molecule has 1 aromatic carbocycles. The van der Waals surface area contributed by atoms with Gasteiger partial charge in [-0.05, 0) is 54.0 Å². The summed E-state index contributed by atoms with van der Waals surface area (Å²) in [6.07, 6.45) is 0. The quantitative estimate of drug-likeness (QED) is 0.862. The molecule has 1 aliphatic rings. The van der Waals surface area contributed by atoms with E-state index in [9.17, 15) is 0 Å². The first kappa shape index (κ1) is 17.2. The highest BCUT2D eigenvalue weighted by Gasteiger charge is 2.18. The lowest BCUT2D eigenvalue weighted by molar-refractivity contribution is 0.270. The zero-order valence-corrected chi connectivity index (χ0v) is 16.1. The van der Waals surface area contributed by atoms with Gasteiger partial charge in [-0.15, -0.1) is 0 Å². The summed E-state index contributed by atoms with van der Waals surface area (Å²) in [7, 11) is 0. The molecule has 1 N–H and O–H groups in total. The second kappa shape index (κ2) is 7.49. The highest BCUT2D eigenvalue weighted by atomic mass is 79.9. The van der Waals surface area contributed by atoms with Crippen molar-refractivity contribution >= 4 is 33.4 Å². The molecule has 1 saturated heterocycles. The molecule has 0 spiro atoms. The largest absolute Gasteiger partial charge is 0.354 e. The molecule has 0 atom stereocenters. The van der Waals surface area contributed by atoms with E-state index >= 15 is 0 Å². The van der Waals surface area contributed by atoms with Crippen molar-refractivity contribution in [2.45, 2.75) is 20.8 Å². The number of benzene rings is 1. The zero-order valence-electron chi connectivity index (χ0n) is 14.5. The first-order chi connectivity index (χ1) is 11.5. The lowest BCUT2D eigenvalue weighted by Gasteiger charge is -2.34. The maximum absolute atomic E-state index is 4.73. The summed E-state index contributed by atoms with van der Waals surface area (Å²) in [5, 5.41) is 3.33. The Balaban J connectivity index is 1.79. The Morgan fingerprint density at radius 3 is 2.50 bits per heavy atom. The molecule has 0 saturated carbocycles. The van der Waals surface area contributed by atoms with Crippen LogP contribution in [0.1, 0.15) is 18.2 Å². The Morgan fingerprint density at radius 2 is 1.83 bits per heavy atom. The minimum Gasteiger partial charge on any atom is -0.354 e. The highest BCUT2D eigenvalue weighted by molar-refractivity contribution is 9.10.